The van der Waals surface area contributed by atoms with E-state index in [0.29, 0.717) is 41.7 Å². The number of carbonyl (C=O) groups excluding carboxylic acids is 2. The smallest absolute Gasteiger partial charge is 0.251 e. The molecule has 2 aliphatic carbocycles. The molecule has 2 aromatic rings. The topological polar surface area (TPSA) is 94.1 Å². The predicted octanol–water partition coefficient (Wildman–Crippen LogP) is 4.50. The van der Waals surface area contributed by atoms with E-state index in [0.717, 1.165) is 43.0 Å². The van der Waals surface area contributed by atoms with Gasteiger partial charge in [-0.05, 0) is 83.8 Å². The fraction of sp³-hybridized carbons (Fsp3) is 0.667. The Bertz CT molecular complexity index is 1400. The molecule has 1 aromatic heterocycles. The standard InChI is InChI=1S/C36H53N7O3/c1-7-29-35(45)40(5)30-22-37-32(39-33(30)43(29)36(2,3)4)21-25-10-11-26(20-31(25)46-6)34(44)38-27-12-14-28(15-13-27)42-18-16-41(17-19-42)23-24-8-9-24/h10-11,20,22,24,27-29H,7-9,12-19,21,23H2,1-6H3,(H,38,44)/t27?,28?,29-/m1/s1. The highest BCUT2D eigenvalue weighted by Gasteiger charge is 2.42. The summed E-state index contributed by atoms with van der Waals surface area (Å²) in [6.07, 6.45) is 10.1. The number of likely N-dealkylation sites (N-methyl/N-ethyl adjacent to an activating group) is 1. The Morgan fingerprint density at radius 3 is 2.39 bits per heavy atom. The molecule has 10 heteroatoms. The predicted molar refractivity (Wildman–Crippen MR) is 182 cm³/mol. The van der Waals surface area contributed by atoms with Gasteiger partial charge in [0, 0.05) is 74.9 Å². The molecular weight excluding hydrogens is 578 g/mol. The van der Waals surface area contributed by atoms with Crippen LogP contribution in [0.15, 0.2) is 24.4 Å². The molecule has 3 heterocycles. The molecule has 1 N–H and O–H groups in total. The summed E-state index contributed by atoms with van der Waals surface area (Å²) in [5, 5.41) is 3.30. The lowest BCUT2D eigenvalue weighted by molar-refractivity contribution is -0.120. The first kappa shape index (κ1) is 32.7. The van der Waals surface area contributed by atoms with E-state index in [4.69, 9.17) is 9.72 Å². The van der Waals surface area contributed by atoms with Gasteiger partial charge in [0.05, 0.1) is 13.3 Å². The first-order valence-corrected chi connectivity index (χ1v) is 17.4. The number of piperazine rings is 1. The van der Waals surface area contributed by atoms with Crippen molar-refractivity contribution in [2.45, 2.75) is 103 Å². The van der Waals surface area contributed by atoms with Crippen LogP contribution in [0, 0.1) is 5.92 Å². The summed E-state index contributed by atoms with van der Waals surface area (Å²) in [6, 6.07) is 6.22. The number of nitrogens with zero attached hydrogens (tertiary/aromatic N) is 6. The molecule has 6 rings (SSSR count). The first-order valence-electron chi connectivity index (χ1n) is 17.4. The Balaban J connectivity index is 1.07. The van der Waals surface area contributed by atoms with Crippen molar-refractivity contribution in [1.29, 1.82) is 0 Å². The maximum atomic E-state index is 13.3. The van der Waals surface area contributed by atoms with E-state index in [-0.39, 0.29) is 29.4 Å². The highest BCUT2D eigenvalue weighted by atomic mass is 16.5. The van der Waals surface area contributed by atoms with Gasteiger partial charge < -0.3 is 24.8 Å². The summed E-state index contributed by atoms with van der Waals surface area (Å²) in [5.41, 5.74) is 1.93. The quantitative estimate of drug-likeness (QED) is 0.433. The minimum absolute atomic E-state index is 0.0499. The van der Waals surface area contributed by atoms with Crippen molar-refractivity contribution < 1.29 is 14.3 Å². The van der Waals surface area contributed by atoms with Crippen molar-refractivity contribution >= 4 is 23.3 Å². The third-order valence-corrected chi connectivity index (χ3v) is 10.5. The molecule has 0 radical (unpaired) electrons. The van der Waals surface area contributed by atoms with E-state index in [2.05, 4.69) is 45.8 Å². The Kier molecular flexibility index (Phi) is 9.57. The van der Waals surface area contributed by atoms with Crippen molar-refractivity contribution in [3.8, 4) is 5.75 Å². The lowest BCUT2D eigenvalue weighted by Crippen LogP contribution is -2.59. The van der Waals surface area contributed by atoms with Crippen molar-refractivity contribution in [3.05, 3.63) is 41.3 Å². The van der Waals surface area contributed by atoms with Crippen LogP contribution in [0.4, 0.5) is 11.5 Å². The van der Waals surface area contributed by atoms with Crippen LogP contribution in [0.25, 0.3) is 0 Å². The summed E-state index contributed by atoms with van der Waals surface area (Å²) in [7, 11) is 3.43. The van der Waals surface area contributed by atoms with Gasteiger partial charge in [0.25, 0.3) is 5.91 Å². The van der Waals surface area contributed by atoms with Crippen LogP contribution in [-0.4, -0.2) is 102 Å². The van der Waals surface area contributed by atoms with Gasteiger partial charge in [0.2, 0.25) is 5.91 Å². The monoisotopic (exact) mass is 631 g/mol. The largest absolute Gasteiger partial charge is 0.496 e. The number of nitrogens with one attached hydrogen (secondary N) is 1. The minimum Gasteiger partial charge on any atom is -0.496 e. The number of carbonyl (C=O) groups is 2. The number of ether oxygens (including phenoxy) is 1. The third-order valence-electron chi connectivity index (χ3n) is 10.5. The van der Waals surface area contributed by atoms with Crippen LogP contribution in [-0.2, 0) is 11.2 Å². The second-order valence-electron chi connectivity index (χ2n) is 14.8. The van der Waals surface area contributed by atoms with Crippen LogP contribution in [0.1, 0.15) is 94.4 Å². The van der Waals surface area contributed by atoms with E-state index < -0.39 is 0 Å². The first-order chi connectivity index (χ1) is 22.0. The molecule has 0 bridgehead atoms. The number of anilines is 2. The fourth-order valence-corrected chi connectivity index (χ4v) is 7.68. The Hall–Kier alpha value is -3.24. The van der Waals surface area contributed by atoms with Crippen molar-refractivity contribution in [2.24, 2.45) is 5.92 Å². The average Bonchev–Trinajstić information content (AvgIpc) is 3.87. The van der Waals surface area contributed by atoms with Crippen LogP contribution in [0.5, 0.6) is 5.75 Å². The zero-order chi connectivity index (χ0) is 32.6. The van der Waals surface area contributed by atoms with E-state index >= 15 is 0 Å². The summed E-state index contributed by atoms with van der Waals surface area (Å²) < 4.78 is 5.76. The number of fused-ring (bicyclic) bond motifs is 1. The Labute approximate surface area is 274 Å². The SMILES string of the molecule is CC[C@@H]1C(=O)N(C)c2cnc(Cc3ccc(C(=O)NC4CCC(N5CCN(CC6CC6)CC5)CC4)cc3OC)nc2N1C(C)(C)C. The van der Waals surface area contributed by atoms with Gasteiger partial charge in [0.1, 0.15) is 23.3 Å². The van der Waals surface area contributed by atoms with Gasteiger partial charge in [-0.2, -0.15) is 0 Å². The molecule has 10 nitrogen and oxygen atoms in total. The molecule has 3 fully saturated rings. The molecule has 1 aromatic carbocycles. The molecule has 2 aliphatic heterocycles. The van der Waals surface area contributed by atoms with Crippen LogP contribution in [0.3, 0.4) is 0 Å². The number of hydrogen-bond donors (Lipinski definition) is 1. The van der Waals surface area contributed by atoms with Gasteiger partial charge >= 0.3 is 0 Å². The molecule has 250 valence electrons. The molecule has 2 saturated carbocycles. The van der Waals surface area contributed by atoms with E-state index in [1.54, 1.807) is 25.3 Å². The number of benzene rings is 1. The Morgan fingerprint density at radius 2 is 1.76 bits per heavy atom. The molecule has 0 unspecified atom stereocenters. The third kappa shape index (κ3) is 7.03. The van der Waals surface area contributed by atoms with Gasteiger partial charge in [-0.1, -0.05) is 13.0 Å². The van der Waals surface area contributed by atoms with E-state index in [9.17, 15) is 9.59 Å². The highest BCUT2D eigenvalue weighted by Crippen LogP contribution is 2.39. The number of aromatic nitrogens is 2. The van der Waals surface area contributed by atoms with Crippen molar-refractivity contribution in [2.75, 3.05) is 56.7 Å². The van der Waals surface area contributed by atoms with Crippen LogP contribution >= 0.6 is 0 Å². The summed E-state index contributed by atoms with van der Waals surface area (Å²) in [4.78, 5) is 45.2. The highest BCUT2D eigenvalue weighted by molar-refractivity contribution is 6.04. The van der Waals surface area contributed by atoms with E-state index in [1.165, 1.54) is 45.6 Å². The lowest BCUT2D eigenvalue weighted by Gasteiger charge is -2.47. The zero-order valence-corrected chi connectivity index (χ0v) is 28.7. The molecule has 1 atom stereocenters. The molecular formula is C36H53N7O3. The van der Waals surface area contributed by atoms with Gasteiger partial charge in [-0.25, -0.2) is 9.97 Å². The maximum Gasteiger partial charge on any atom is 0.251 e. The second-order valence-corrected chi connectivity index (χ2v) is 14.8. The maximum absolute atomic E-state index is 13.3. The molecule has 46 heavy (non-hydrogen) atoms. The molecule has 4 aliphatic rings. The summed E-state index contributed by atoms with van der Waals surface area (Å²) in [6.45, 7) is 14.4. The number of rotatable bonds is 9. The average molecular weight is 632 g/mol. The van der Waals surface area contributed by atoms with Gasteiger partial charge in [0.15, 0.2) is 5.82 Å². The van der Waals surface area contributed by atoms with E-state index in [1.807, 2.05) is 25.1 Å². The van der Waals surface area contributed by atoms with Crippen molar-refractivity contribution in [1.82, 2.24) is 25.1 Å². The molecule has 2 amide bonds. The normalized spacial score (nSPS) is 24.6. The zero-order valence-electron chi connectivity index (χ0n) is 28.7. The lowest BCUT2D eigenvalue weighted by atomic mass is 9.89. The minimum atomic E-state index is -0.297. The Morgan fingerprint density at radius 1 is 1.04 bits per heavy atom. The molecule has 1 saturated heterocycles. The van der Waals surface area contributed by atoms with Crippen molar-refractivity contribution in [3.63, 3.8) is 0 Å². The summed E-state index contributed by atoms with van der Waals surface area (Å²) in [5.74, 6) is 3.03. The van der Waals surface area contributed by atoms with Crippen LogP contribution in [0.2, 0.25) is 0 Å². The molecule has 0 spiro atoms. The number of methoxy groups -OCH3 is 1. The fourth-order valence-electron chi connectivity index (χ4n) is 7.68. The van der Waals surface area contributed by atoms with Gasteiger partial charge in [-0.3, -0.25) is 14.5 Å². The van der Waals surface area contributed by atoms with Gasteiger partial charge in [-0.15, -0.1) is 0 Å². The number of amides is 2. The number of hydrogen-bond acceptors (Lipinski definition) is 8. The second kappa shape index (κ2) is 13.5. The van der Waals surface area contributed by atoms with Crippen LogP contribution < -0.4 is 19.9 Å². The summed E-state index contributed by atoms with van der Waals surface area (Å²) >= 11 is 0.